The lowest BCUT2D eigenvalue weighted by atomic mass is 9.88. The first kappa shape index (κ1) is 27.2. The number of carbonyl (C=O) groups excluding carboxylic acids is 2. The number of fused-ring (bicyclic) bond motifs is 1. The second-order valence-corrected chi connectivity index (χ2v) is 12.6. The Hall–Kier alpha value is -2.82. The number of primary amides is 1. The van der Waals surface area contributed by atoms with Gasteiger partial charge in [-0.1, -0.05) is 18.2 Å². The van der Waals surface area contributed by atoms with Gasteiger partial charge < -0.3 is 16.0 Å². The average molecular weight is 543 g/mol. The zero-order valence-electron chi connectivity index (χ0n) is 21.2. The van der Waals surface area contributed by atoms with Crippen molar-refractivity contribution >= 4 is 44.5 Å². The first-order valence-corrected chi connectivity index (χ1v) is 15.5. The van der Waals surface area contributed by atoms with E-state index in [1.165, 1.54) is 0 Å². The zero-order chi connectivity index (χ0) is 26.6. The molecule has 1 aromatic heterocycles. The first-order valence-electron chi connectivity index (χ1n) is 12.5. The number of sulfonamides is 1. The van der Waals surface area contributed by atoms with Crippen molar-refractivity contribution in [2.75, 3.05) is 30.9 Å². The molecule has 1 aliphatic heterocycles. The number of thioether (sulfide) groups is 1. The van der Waals surface area contributed by atoms with Crippen molar-refractivity contribution in [3.63, 3.8) is 0 Å². The number of nitrogens with zero attached hydrogens (tertiary/aromatic N) is 1. The van der Waals surface area contributed by atoms with Crippen molar-refractivity contribution < 1.29 is 18.0 Å². The molecule has 3 aromatic rings. The molecule has 1 aliphatic rings. The number of rotatable bonds is 10. The van der Waals surface area contributed by atoms with Crippen LogP contribution in [0.2, 0.25) is 0 Å². The summed E-state index contributed by atoms with van der Waals surface area (Å²) in [4.78, 5) is 27.7. The number of carbonyl (C=O) groups is 2. The fraction of sp³-hybridized carbons (Fsp3) is 0.407. The predicted molar refractivity (Wildman–Crippen MR) is 150 cm³/mol. The van der Waals surface area contributed by atoms with Gasteiger partial charge in [-0.15, -0.1) is 0 Å². The van der Waals surface area contributed by atoms with Gasteiger partial charge in [0.25, 0.3) is 5.91 Å². The van der Waals surface area contributed by atoms with Crippen LogP contribution in [-0.4, -0.2) is 60.4 Å². The Kier molecular flexibility index (Phi) is 8.61. The summed E-state index contributed by atoms with van der Waals surface area (Å²) in [5, 5.41) is 3.89. The molecule has 2 aromatic carbocycles. The lowest BCUT2D eigenvalue weighted by Crippen LogP contribution is -2.38. The van der Waals surface area contributed by atoms with E-state index in [0.717, 1.165) is 33.4 Å². The zero-order valence-corrected chi connectivity index (χ0v) is 22.9. The van der Waals surface area contributed by atoms with Gasteiger partial charge in [0.1, 0.15) is 0 Å². The molecular formula is C27H34N4O4S2. The van der Waals surface area contributed by atoms with Crippen LogP contribution >= 0.6 is 11.8 Å². The van der Waals surface area contributed by atoms with Crippen LogP contribution in [0, 0.1) is 0 Å². The lowest BCUT2D eigenvalue weighted by molar-refractivity contribution is -0.120. The molecule has 4 N–H and O–H groups in total. The topological polar surface area (TPSA) is 125 Å². The summed E-state index contributed by atoms with van der Waals surface area (Å²) in [5.74, 6) is 0.578. The van der Waals surface area contributed by atoms with E-state index < -0.39 is 15.9 Å². The highest BCUT2D eigenvalue weighted by molar-refractivity contribution is 7.98. The molecule has 198 valence electrons. The molecule has 0 bridgehead atoms. The monoisotopic (exact) mass is 542 g/mol. The third-order valence-corrected chi connectivity index (χ3v) is 9.52. The van der Waals surface area contributed by atoms with Gasteiger partial charge in [-0.3, -0.25) is 9.59 Å². The van der Waals surface area contributed by atoms with Gasteiger partial charge in [0.2, 0.25) is 15.9 Å². The third kappa shape index (κ3) is 6.19. The van der Waals surface area contributed by atoms with Gasteiger partial charge in [0, 0.05) is 43.4 Å². The minimum Gasteiger partial charge on any atom is -0.366 e. The second kappa shape index (κ2) is 11.7. The number of benzene rings is 2. The lowest BCUT2D eigenvalue weighted by Gasteiger charge is -2.31. The molecule has 0 aliphatic carbocycles. The molecule has 0 spiro atoms. The van der Waals surface area contributed by atoms with Crippen LogP contribution in [0.5, 0.6) is 0 Å². The first-order chi connectivity index (χ1) is 17.7. The van der Waals surface area contributed by atoms with Crippen molar-refractivity contribution in [1.29, 1.82) is 0 Å². The van der Waals surface area contributed by atoms with Crippen LogP contribution in [0.4, 0.5) is 0 Å². The standard InChI is InChI=1S/C27H34N4O4S2/c1-3-37(34,35)31-10-7-19(8-11-31)24-17-30-26-22(24)14-21(15-23(26)27(28)33)20-6-4-5-18(13-20)16-29-25(32)9-12-36-2/h4-6,13-15,17,19,30H,3,7-12,16H2,1-2H3,(H2,28,33)(H,29,32). The summed E-state index contributed by atoms with van der Waals surface area (Å²) in [5.41, 5.74) is 10.7. The fourth-order valence-corrected chi connectivity index (χ4v) is 6.45. The highest BCUT2D eigenvalue weighted by atomic mass is 32.2. The van der Waals surface area contributed by atoms with Crippen LogP contribution in [0.15, 0.2) is 42.6 Å². The number of aromatic nitrogens is 1. The molecule has 0 unspecified atom stereocenters. The normalized spacial score (nSPS) is 15.2. The van der Waals surface area contributed by atoms with E-state index in [2.05, 4.69) is 16.4 Å². The van der Waals surface area contributed by atoms with Gasteiger partial charge in [-0.05, 0) is 72.4 Å². The molecule has 2 heterocycles. The van der Waals surface area contributed by atoms with Gasteiger partial charge in [0.15, 0.2) is 0 Å². The molecule has 1 saturated heterocycles. The smallest absolute Gasteiger partial charge is 0.250 e. The van der Waals surface area contributed by atoms with Crippen molar-refractivity contribution in [2.45, 2.75) is 38.6 Å². The number of piperidine rings is 1. The van der Waals surface area contributed by atoms with Crippen molar-refractivity contribution in [2.24, 2.45) is 5.73 Å². The van der Waals surface area contributed by atoms with Gasteiger partial charge >= 0.3 is 0 Å². The highest BCUT2D eigenvalue weighted by Crippen LogP contribution is 2.37. The van der Waals surface area contributed by atoms with Crippen molar-refractivity contribution in [3.8, 4) is 11.1 Å². The molecule has 4 rings (SSSR count). The minimum absolute atomic E-state index is 0.0203. The Morgan fingerprint density at radius 1 is 1.16 bits per heavy atom. The Morgan fingerprint density at radius 2 is 1.92 bits per heavy atom. The molecule has 8 nitrogen and oxygen atoms in total. The van der Waals surface area contributed by atoms with E-state index in [-0.39, 0.29) is 17.6 Å². The number of aromatic amines is 1. The molecule has 1 fully saturated rings. The third-order valence-electron chi connectivity index (χ3n) is 7.02. The van der Waals surface area contributed by atoms with Crippen LogP contribution in [0.3, 0.4) is 0 Å². The average Bonchev–Trinajstić information content (AvgIpc) is 3.34. The summed E-state index contributed by atoms with van der Waals surface area (Å²) in [6, 6.07) is 11.8. The molecular weight excluding hydrogens is 508 g/mol. The van der Waals surface area contributed by atoms with E-state index >= 15 is 0 Å². The second-order valence-electron chi connectivity index (χ2n) is 9.35. The van der Waals surface area contributed by atoms with Crippen LogP contribution in [-0.2, 0) is 21.4 Å². The van der Waals surface area contributed by atoms with E-state index in [0.29, 0.717) is 50.0 Å². The Labute approximate surface area is 222 Å². The Bertz CT molecular complexity index is 1390. The van der Waals surface area contributed by atoms with Crippen molar-refractivity contribution in [1.82, 2.24) is 14.6 Å². The number of hydrogen-bond acceptors (Lipinski definition) is 5. The summed E-state index contributed by atoms with van der Waals surface area (Å²) in [7, 11) is -3.20. The van der Waals surface area contributed by atoms with E-state index in [4.69, 9.17) is 5.73 Å². The highest BCUT2D eigenvalue weighted by Gasteiger charge is 2.29. The molecule has 37 heavy (non-hydrogen) atoms. The minimum atomic E-state index is -3.20. The number of hydrogen-bond donors (Lipinski definition) is 3. The Balaban J connectivity index is 1.62. The summed E-state index contributed by atoms with van der Waals surface area (Å²) in [6.07, 6.45) is 5.82. The molecule has 10 heteroatoms. The maximum atomic E-state index is 12.4. The van der Waals surface area contributed by atoms with Crippen LogP contribution in [0.1, 0.15) is 53.6 Å². The van der Waals surface area contributed by atoms with Gasteiger partial charge in [0.05, 0.1) is 16.8 Å². The number of amides is 2. The quantitative estimate of drug-likeness (QED) is 0.359. The maximum Gasteiger partial charge on any atom is 0.250 e. The molecule has 0 atom stereocenters. The largest absolute Gasteiger partial charge is 0.366 e. The maximum absolute atomic E-state index is 12.4. The molecule has 2 amide bonds. The molecule has 0 saturated carbocycles. The summed E-state index contributed by atoms with van der Waals surface area (Å²) in [6.45, 7) is 3.07. The summed E-state index contributed by atoms with van der Waals surface area (Å²) >= 11 is 1.64. The fourth-order valence-electron chi connectivity index (χ4n) is 4.92. The molecule has 0 radical (unpaired) electrons. The van der Waals surface area contributed by atoms with Gasteiger partial charge in [-0.25, -0.2) is 12.7 Å². The predicted octanol–water partition coefficient (Wildman–Crippen LogP) is 3.83. The summed E-state index contributed by atoms with van der Waals surface area (Å²) < 4.78 is 26.1. The number of nitrogens with one attached hydrogen (secondary N) is 2. The van der Waals surface area contributed by atoms with E-state index in [1.807, 2.05) is 36.7 Å². The Morgan fingerprint density at radius 3 is 2.59 bits per heavy atom. The van der Waals surface area contributed by atoms with E-state index in [9.17, 15) is 18.0 Å². The SMILES string of the molecule is CCS(=O)(=O)N1CCC(c2c[nH]c3c(C(N)=O)cc(-c4cccc(CNC(=O)CCSC)c4)cc23)CC1. The van der Waals surface area contributed by atoms with Gasteiger partial charge in [-0.2, -0.15) is 11.8 Å². The van der Waals surface area contributed by atoms with Crippen molar-refractivity contribution in [3.05, 3.63) is 59.3 Å². The number of H-pyrrole nitrogens is 1. The number of nitrogens with two attached hydrogens (primary N) is 1. The van der Waals surface area contributed by atoms with E-state index in [1.54, 1.807) is 29.1 Å². The van der Waals surface area contributed by atoms with Crippen LogP contribution in [0.25, 0.3) is 22.0 Å². The van der Waals surface area contributed by atoms with Crippen LogP contribution < -0.4 is 11.1 Å².